The molecule has 1 saturated heterocycles. The van der Waals surface area contributed by atoms with Crippen LogP contribution < -0.4 is 0 Å². The number of nitro groups is 1. The summed E-state index contributed by atoms with van der Waals surface area (Å²) in [7, 11) is 0. The Balaban J connectivity index is 2.20. The molecule has 0 saturated carbocycles. The standard InChI is InChI=1S/C11H11NO3S/c13-11-7-16-6-9(11)5-8-3-1-2-4-10(8)12(14)15/h1-4,9H,5-7H2. The molecule has 5 heteroatoms. The fourth-order valence-electron chi connectivity index (χ4n) is 1.81. The van der Waals surface area contributed by atoms with Gasteiger partial charge in [-0.05, 0) is 6.42 Å². The predicted molar refractivity (Wildman–Crippen MR) is 62.6 cm³/mol. The van der Waals surface area contributed by atoms with Gasteiger partial charge in [-0.3, -0.25) is 14.9 Å². The number of para-hydroxylation sites is 1. The molecule has 0 bridgehead atoms. The lowest BCUT2D eigenvalue weighted by Gasteiger charge is -2.07. The maximum Gasteiger partial charge on any atom is 0.272 e. The molecule has 1 aliphatic heterocycles. The molecule has 2 rings (SSSR count). The van der Waals surface area contributed by atoms with Crippen LogP contribution in [0.1, 0.15) is 5.56 Å². The summed E-state index contributed by atoms with van der Waals surface area (Å²) in [5.74, 6) is 1.49. The quantitative estimate of drug-likeness (QED) is 0.596. The van der Waals surface area contributed by atoms with E-state index in [4.69, 9.17) is 0 Å². The van der Waals surface area contributed by atoms with E-state index < -0.39 is 0 Å². The van der Waals surface area contributed by atoms with Crippen molar-refractivity contribution in [3.05, 3.63) is 39.9 Å². The topological polar surface area (TPSA) is 60.2 Å². The first-order chi connectivity index (χ1) is 7.68. The van der Waals surface area contributed by atoms with Crippen molar-refractivity contribution < 1.29 is 9.72 Å². The number of nitrogens with zero attached hydrogens (tertiary/aromatic N) is 1. The van der Waals surface area contributed by atoms with Gasteiger partial charge in [-0.1, -0.05) is 18.2 Å². The second-order valence-corrected chi connectivity index (χ2v) is 4.80. The highest BCUT2D eigenvalue weighted by molar-refractivity contribution is 8.00. The van der Waals surface area contributed by atoms with Gasteiger partial charge in [0.1, 0.15) is 5.78 Å². The average Bonchev–Trinajstić information content (AvgIpc) is 2.65. The highest BCUT2D eigenvalue weighted by atomic mass is 32.2. The zero-order valence-electron chi connectivity index (χ0n) is 8.59. The molecule has 1 aromatic rings. The van der Waals surface area contributed by atoms with E-state index in [0.29, 0.717) is 17.7 Å². The van der Waals surface area contributed by atoms with Crippen molar-refractivity contribution in [1.29, 1.82) is 0 Å². The Kier molecular flexibility index (Phi) is 3.24. The predicted octanol–water partition coefficient (Wildman–Crippen LogP) is 2.07. The van der Waals surface area contributed by atoms with E-state index in [-0.39, 0.29) is 22.3 Å². The molecule has 1 aromatic carbocycles. The van der Waals surface area contributed by atoms with Crippen molar-refractivity contribution in [3.8, 4) is 0 Å². The van der Waals surface area contributed by atoms with Gasteiger partial charge in [-0.15, -0.1) is 0 Å². The smallest absolute Gasteiger partial charge is 0.272 e. The third-order valence-electron chi connectivity index (χ3n) is 2.67. The molecular weight excluding hydrogens is 226 g/mol. The molecular formula is C11H11NO3S. The lowest BCUT2D eigenvalue weighted by molar-refractivity contribution is -0.385. The number of thioether (sulfide) groups is 1. The van der Waals surface area contributed by atoms with E-state index in [1.165, 1.54) is 6.07 Å². The number of hydrogen-bond acceptors (Lipinski definition) is 4. The molecule has 1 unspecified atom stereocenters. The van der Waals surface area contributed by atoms with Gasteiger partial charge in [-0.2, -0.15) is 11.8 Å². The van der Waals surface area contributed by atoms with E-state index in [0.717, 1.165) is 5.75 Å². The largest absolute Gasteiger partial charge is 0.298 e. The fourth-order valence-corrected chi connectivity index (χ4v) is 2.96. The van der Waals surface area contributed by atoms with E-state index in [1.54, 1.807) is 30.0 Å². The van der Waals surface area contributed by atoms with E-state index in [9.17, 15) is 14.9 Å². The molecule has 0 amide bonds. The van der Waals surface area contributed by atoms with Crippen LogP contribution in [0, 0.1) is 16.0 Å². The van der Waals surface area contributed by atoms with Gasteiger partial charge in [0, 0.05) is 23.3 Å². The maximum absolute atomic E-state index is 11.5. The molecule has 1 atom stereocenters. The Bertz CT molecular complexity index is 433. The molecule has 1 heterocycles. The van der Waals surface area contributed by atoms with Crippen LogP contribution in [0.2, 0.25) is 0 Å². The second-order valence-electron chi connectivity index (χ2n) is 3.77. The summed E-state index contributed by atoms with van der Waals surface area (Å²) in [6, 6.07) is 6.64. The number of benzene rings is 1. The Morgan fingerprint density at radius 1 is 1.44 bits per heavy atom. The number of carbonyl (C=O) groups is 1. The molecule has 1 fully saturated rings. The SMILES string of the molecule is O=C1CSCC1Cc1ccccc1[N+](=O)[O-]. The molecule has 0 radical (unpaired) electrons. The van der Waals surface area contributed by atoms with Crippen molar-refractivity contribution >= 4 is 23.2 Å². The summed E-state index contributed by atoms with van der Waals surface area (Å²) in [4.78, 5) is 21.9. The number of hydrogen-bond donors (Lipinski definition) is 0. The van der Waals surface area contributed by atoms with E-state index in [1.807, 2.05) is 0 Å². The van der Waals surface area contributed by atoms with Crippen LogP contribution in [0.15, 0.2) is 24.3 Å². The maximum atomic E-state index is 11.5. The molecule has 16 heavy (non-hydrogen) atoms. The zero-order chi connectivity index (χ0) is 11.5. The second kappa shape index (κ2) is 4.65. The number of Topliss-reactive ketones (excluding diaryl/α,β-unsaturated/α-hetero) is 1. The molecule has 0 N–H and O–H groups in total. The van der Waals surface area contributed by atoms with Gasteiger partial charge in [0.05, 0.1) is 10.7 Å². The lowest BCUT2D eigenvalue weighted by atomic mass is 9.97. The van der Waals surface area contributed by atoms with Gasteiger partial charge in [-0.25, -0.2) is 0 Å². The van der Waals surface area contributed by atoms with Crippen LogP contribution in [0.5, 0.6) is 0 Å². The molecule has 1 aliphatic rings. The minimum absolute atomic E-state index is 0.0499. The molecule has 0 aliphatic carbocycles. The highest BCUT2D eigenvalue weighted by Crippen LogP contribution is 2.27. The van der Waals surface area contributed by atoms with E-state index >= 15 is 0 Å². The normalized spacial score (nSPS) is 20.0. The first-order valence-electron chi connectivity index (χ1n) is 5.01. The van der Waals surface area contributed by atoms with Gasteiger partial charge < -0.3 is 0 Å². The fraction of sp³-hybridized carbons (Fsp3) is 0.364. The zero-order valence-corrected chi connectivity index (χ0v) is 9.40. The summed E-state index contributed by atoms with van der Waals surface area (Å²) in [6.45, 7) is 0. The monoisotopic (exact) mass is 237 g/mol. The first kappa shape index (κ1) is 11.1. The third-order valence-corrected chi connectivity index (χ3v) is 3.80. The summed E-state index contributed by atoms with van der Waals surface area (Å²) in [6.07, 6.45) is 0.489. The highest BCUT2D eigenvalue weighted by Gasteiger charge is 2.27. The molecule has 0 spiro atoms. The van der Waals surface area contributed by atoms with Crippen LogP contribution in [-0.4, -0.2) is 22.2 Å². The summed E-state index contributed by atoms with van der Waals surface area (Å²) in [5.41, 5.74) is 0.778. The first-order valence-corrected chi connectivity index (χ1v) is 6.16. The van der Waals surface area contributed by atoms with Gasteiger partial charge >= 0.3 is 0 Å². The minimum atomic E-state index is -0.387. The number of ketones is 1. The van der Waals surface area contributed by atoms with Crippen molar-refractivity contribution in [2.45, 2.75) is 6.42 Å². The Labute approximate surface area is 97.2 Å². The van der Waals surface area contributed by atoms with Crippen molar-refractivity contribution in [1.82, 2.24) is 0 Å². The van der Waals surface area contributed by atoms with E-state index in [2.05, 4.69) is 0 Å². The van der Waals surface area contributed by atoms with Crippen molar-refractivity contribution in [3.63, 3.8) is 0 Å². The molecule has 4 nitrogen and oxygen atoms in total. The number of rotatable bonds is 3. The van der Waals surface area contributed by atoms with Crippen molar-refractivity contribution in [2.75, 3.05) is 11.5 Å². The lowest BCUT2D eigenvalue weighted by Crippen LogP contribution is -2.14. The van der Waals surface area contributed by atoms with Gasteiger partial charge in [0.2, 0.25) is 0 Å². The van der Waals surface area contributed by atoms with Crippen LogP contribution in [0.3, 0.4) is 0 Å². The van der Waals surface area contributed by atoms with Gasteiger partial charge in [0.15, 0.2) is 0 Å². The van der Waals surface area contributed by atoms with Crippen molar-refractivity contribution in [2.24, 2.45) is 5.92 Å². The number of nitro benzene ring substituents is 1. The summed E-state index contributed by atoms with van der Waals surface area (Å²) in [5, 5.41) is 10.8. The molecule has 84 valence electrons. The third kappa shape index (κ3) is 2.24. The minimum Gasteiger partial charge on any atom is -0.298 e. The summed E-state index contributed by atoms with van der Waals surface area (Å²) < 4.78 is 0. The van der Waals surface area contributed by atoms with Gasteiger partial charge in [0.25, 0.3) is 5.69 Å². The van der Waals surface area contributed by atoms with Crippen LogP contribution in [0.4, 0.5) is 5.69 Å². The Morgan fingerprint density at radius 2 is 2.19 bits per heavy atom. The Hall–Kier alpha value is -1.36. The number of carbonyl (C=O) groups excluding carboxylic acids is 1. The molecule has 0 aromatic heterocycles. The van der Waals surface area contributed by atoms with Crippen LogP contribution in [0.25, 0.3) is 0 Å². The Morgan fingerprint density at radius 3 is 2.81 bits per heavy atom. The van der Waals surface area contributed by atoms with Crippen LogP contribution >= 0.6 is 11.8 Å². The average molecular weight is 237 g/mol. The van der Waals surface area contributed by atoms with Crippen LogP contribution in [-0.2, 0) is 11.2 Å². The summed E-state index contributed by atoms with van der Waals surface area (Å²) >= 11 is 1.60.